The number of halogens is 1. The smallest absolute Gasteiger partial charge is 0.241 e. The van der Waals surface area contributed by atoms with Gasteiger partial charge in [0, 0.05) is 11.8 Å². The van der Waals surface area contributed by atoms with Gasteiger partial charge in [0.15, 0.2) is 11.5 Å². The van der Waals surface area contributed by atoms with Crippen LogP contribution in [0.2, 0.25) is 0 Å². The number of ether oxygens (including phenoxy) is 2. The number of anilines is 1. The molecule has 1 aromatic carbocycles. The number of hydrogen-bond donors (Lipinski definition) is 3. The van der Waals surface area contributed by atoms with Gasteiger partial charge in [0.1, 0.15) is 0 Å². The molecule has 0 radical (unpaired) electrons. The first kappa shape index (κ1) is 19.0. The maximum absolute atomic E-state index is 11.7. The van der Waals surface area contributed by atoms with Crippen molar-refractivity contribution in [1.82, 2.24) is 0 Å². The van der Waals surface area contributed by atoms with E-state index in [1.165, 1.54) is 7.11 Å². The van der Waals surface area contributed by atoms with E-state index in [4.69, 9.17) is 20.9 Å². The van der Waals surface area contributed by atoms with E-state index in [1.807, 2.05) is 6.92 Å². The van der Waals surface area contributed by atoms with Crippen LogP contribution < -0.4 is 26.3 Å². The van der Waals surface area contributed by atoms with Crippen LogP contribution in [0.1, 0.15) is 13.3 Å². The molecular weight excluding hydrogens is 298 g/mol. The maximum atomic E-state index is 11.7. The predicted molar refractivity (Wildman–Crippen MR) is 81.8 cm³/mol. The number of hydrogen-bond acceptors (Lipinski definition) is 5. The number of primary amides is 1. The summed E-state index contributed by atoms with van der Waals surface area (Å²) in [4.78, 5) is 22.5. The highest BCUT2D eigenvalue weighted by Gasteiger charge is 2.16. The van der Waals surface area contributed by atoms with Crippen molar-refractivity contribution in [2.75, 3.05) is 19.0 Å². The van der Waals surface area contributed by atoms with Gasteiger partial charge in [0.25, 0.3) is 0 Å². The van der Waals surface area contributed by atoms with E-state index in [0.717, 1.165) is 0 Å². The topological polar surface area (TPSA) is 117 Å². The largest absolute Gasteiger partial charge is 0.493 e. The molecule has 0 saturated heterocycles. The lowest BCUT2D eigenvalue weighted by molar-refractivity contribution is -0.123. The number of rotatable bonds is 7. The molecule has 5 N–H and O–H groups in total. The number of carbonyl (C=O) groups is 2. The summed E-state index contributed by atoms with van der Waals surface area (Å²) < 4.78 is 10.5. The number of benzene rings is 1. The highest BCUT2D eigenvalue weighted by molar-refractivity contribution is 5.97. The number of nitrogens with two attached hydrogens (primary N) is 2. The SMILES string of the molecule is CCOc1ccc(NC(=O)C(N)CC(N)=O)cc1OC.Cl. The van der Waals surface area contributed by atoms with E-state index < -0.39 is 17.9 Å². The average molecular weight is 318 g/mol. The second kappa shape index (κ2) is 9.04. The van der Waals surface area contributed by atoms with Crippen LogP contribution in [0, 0.1) is 0 Å². The van der Waals surface area contributed by atoms with Crippen LogP contribution in [0.5, 0.6) is 11.5 Å². The van der Waals surface area contributed by atoms with Gasteiger partial charge in [-0.2, -0.15) is 0 Å². The molecular formula is C13H20ClN3O4. The molecule has 1 unspecified atom stereocenters. The molecule has 1 rings (SSSR count). The summed E-state index contributed by atoms with van der Waals surface area (Å²) in [5, 5.41) is 2.58. The molecule has 0 spiro atoms. The van der Waals surface area contributed by atoms with Crippen LogP contribution in [-0.2, 0) is 9.59 Å². The van der Waals surface area contributed by atoms with Crippen molar-refractivity contribution in [1.29, 1.82) is 0 Å². The van der Waals surface area contributed by atoms with Gasteiger partial charge < -0.3 is 26.3 Å². The lowest BCUT2D eigenvalue weighted by Gasteiger charge is -2.13. The van der Waals surface area contributed by atoms with E-state index >= 15 is 0 Å². The fraction of sp³-hybridized carbons (Fsp3) is 0.385. The lowest BCUT2D eigenvalue weighted by Crippen LogP contribution is -2.38. The van der Waals surface area contributed by atoms with Crippen molar-refractivity contribution in [2.24, 2.45) is 11.5 Å². The van der Waals surface area contributed by atoms with Gasteiger partial charge in [-0.3, -0.25) is 9.59 Å². The van der Waals surface area contributed by atoms with Gasteiger partial charge >= 0.3 is 0 Å². The van der Waals surface area contributed by atoms with Gasteiger partial charge in [-0.25, -0.2) is 0 Å². The van der Waals surface area contributed by atoms with Crippen molar-refractivity contribution < 1.29 is 19.1 Å². The molecule has 21 heavy (non-hydrogen) atoms. The Morgan fingerprint density at radius 1 is 1.33 bits per heavy atom. The average Bonchev–Trinajstić information content (AvgIpc) is 2.39. The molecule has 0 aliphatic heterocycles. The highest BCUT2D eigenvalue weighted by Crippen LogP contribution is 2.30. The Morgan fingerprint density at radius 3 is 2.52 bits per heavy atom. The van der Waals surface area contributed by atoms with Crippen LogP contribution in [0.15, 0.2) is 18.2 Å². The molecule has 2 amide bonds. The van der Waals surface area contributed by atoms with Crippen LogP contribution in [0.3, 0.4) is 0 Å². The fourth-order valence-electron chi connectivity index (χ4n) is 1.56. The molecule has 118 valence electrons. The summed E-state index contributed by atoms with van der Waals surface area (Å²) in [5.41, 5.74) is 11.0. The first-order valence-corrected chi connectivity index (χ1v) is 6.13. The molecule has 7 nitrogen and oxygen atoms in total. The van der Waals surface area contributed by atoms with E-state index in [2.05, 4.69) is 5.32 Å². The maximum Gasteiger partial charge on any atom is 0.241 e. The fourth-order valence-corrected chi connectivity index (χ4v) is 1.56. The van der Waals surface area contributed by atoms with Gasteiger partial charge in [0.2, 0.25) is 11.8 Å². The molecule has 0 saturated carbocycles. The minimum absolute atomic E-state index is 0. The van der Waals surface area contributed by atoms with Gasteiger partial charge in [-0.1, -0.05) is 0 Å². The van der Waals surface area contributed by atoms with Gasteiger partial charge in [-0.15, -0.1) is 12.4 Å². The Morgan fingerprint density at radius 2 is 2.00 bits per heavy atom. The monoisotopic (exact) mass is 317 g/mol. The van der Waals surface area contributed by atoms with Crippen LogP contribution in [0.25, 0.3) is 0 Å². The quantitative estimate of drug-likeness (QED) is 0.683. The molecule has 1 atom stereocenters. The third-order valence-corrected chi connectivity index (χ3v) is 2.49. The first-order valence-electron chi connectivity index (χ1n) is 6.13. The minimum atomic E-state index is -0.981. The zero-order chi connectivity index (χ0) is 15.1. The van der Waals surface area contributed by atoms with Gasteiger partial charge in [-0.05, 0) is 19.1 Å². The normalized spacial score (nSPS) is 11.0. The third kappa shape index (κ3) is 5.88. The molecule has 0 fully saturated rings. The third-order valence-electron chi connectivity index (χ3n) is 2.49. The predicted octanol–water partition coefficient (Wildman–Crippen LogP) is 0.657. The molecule has 0 heterocycles. The minimum Gasteiger partial charge on any atom is -0.493 e. The van der Waals surface area contributed by atoms with Crippen molar-refractivity contribution in [3.63, 3.8) is 0 Å². The highest BCUT2D eigenvalue weighted by atomic mass is 35.5. The standard InChI is InChI=1S/C13H19N3O4.ClH/c1-3-20-10-5-4-8(6-11(10)19-2)16-13(18)9(14)7-12(15)17;/h4-6,9H,3,7,14H2,1-2H3,(H2,15,17)(H,16,18);1H. The van der Waals surface area contributed by atoms with Crippen molar-refractivity contribution in [3.8, 4) is 11.5 Å². The molecule has 0 aliphatic carbocycles. The summed E-state index contributed by atoms with van der Waals surface area (Å²) >= 11 is 0. The number of methoxy groups -OCH3 is 1. The molecule has 0 bridgehead atoms. The Labute approximate surface area is 129 Å². The summed E-state index contributed by atoms with van der Waals surface area (Å²) in [6.45, 7) is 2.36. The second-order valence-corrected chi connectivity index (χ2v) is 4.06. The van der Waals surface area contributed by atoms with E-state index in [9.17, 15) is 9.59 Å². The zero-order valence-electron chi connectivity index (χ0n) is 11.9. The first-order chi connectivity index (χ1) is 9.47. The number of amides is 2. The number of nitrogens with one attached hydrogen (secondary N) is 1. The van der Waals surface area contributed by atoms with Crippen molar-refractivity contribution in [2.45, 2.75) is 19.4 Å². The second-order valence-electron chi connectivity index (χ2n) is 4.06. The van der Waals surface area contributed by atoms with E-state index in [0.29, 0.717) is 23.8 Å². The van der Waals surface area contributed by atoms with Gasteiger partial charge in [0.05, 0.1) is 26.2 Å². The van der Waals surface area contributed by atoms with Crippen molar-refractivity contribution >= 4 is 29.9 Å². The van der Waals surface area contributed by atoms with Crippen molar-refractivity contribution in [3.05, 3.63) is 18.2 Å². The number of carbonyl (C=O) groups excluding carboxylic acids is 2. The Balaban J connectivity index is 0.00000400. The summed E-state index contributed by atoms with van der Waals surface area (Å²) in [7, 11) is 1.50. The molecule has 8 heteroatoms. The molecule has 0 aromatic heterocycles. The Kier molecular flexibility index (Phi) is 8.18. The summed E-state index contributed by atoms with van der Waals surface area (Å²) in [5.74, 6) is -0.0468. The summed E-state index contributed by atoms with van der Waals surface area (Å²) in [6.07, 6.45) is -0.208. The van der Waals surface area contributed by atoms with Crippen LogP contribution >= 0.6 is 12.4 Å². The molecule has 0 aliphatic rings. The Bertz CT molecular complexity index is 496. The van der Waals surface area contributed by atoms with Crippen LogP contribution in [0.4, 0.5) is 5.69 Å². The van der Waals surface area contributed by atoms with E-state index in [-0.39, 0.29) is 18.8 Å². The Hall–Kier alpha value is -1.99. The zero-order valence-corrected chi connectivity index (χ0v) is 12.7. The van der Waals surface area contributed by atoms with Crippen LogP contribution in [-0.4, -0.2) is 31.6 Å². The summed E-state index contributed by atoms with van der Waals surface area (Å²) in [6, 6.07) is 3.96. The molecule has 1 aromatic rings. The van der Waals surface area contributed by atoms with E-state index in [1.54, 1.807) is 18.2 Å². The lowest BCUT2D eigenvalue weighted by atomic mass is 10.2.